The van der Waals surface area contributed by atoms with Crippen LogP contribution >= 0.6 is 0 Å². The first-order chi connectivity index (χ1) is 29.7. The minimum Gasteiger partial charge on any atom is -0.511 e. The van der Waals surface area contributed by atoms with E-state index in [-0.39, 0.29) is 121 Å². The molecule has 13 heteroatoms. The first kappa shape index (κ1) is 48.4. The van der Waals surface area contributed by atoms with Crippen LogP contribution in [0.2, 0.25) is 0 Å². The molecule has 0 aromatic heterocycles. The van der Waals surface area contributed by atoms with E-state index in [2.05, 4.69) is 5.32 Å². The van der Waals surface area contributed by atoms with Crippen molar-refractivity contribution in [3.8, 4) is 11.1 Å². The number of aliphatic hydroxyl groups is 2. The monoisotopic (exact) mass is 866 g/mol. The molecule has 0 heterocycles. The SMILES string of the molecule is CC(C)CC(=NCCN(CCN=C(CC(C)C)C1=C(O)CC(C)(C)CC1=O)C(=O)CCC(NC(=O)OCC1c2ccccc2-c2ccccc21)C(=O)O)C1=C(O)CC(C)(C)CC1=O. The second-order valence-electron chi connectivity index (χ2n) is 19.7. The zero-order valence-corrected chi connectivity index (χ0v) is 38.3. The zero-order chi connectivity index (χ0) is 46.2. The van der Waals surface area contributed by atoms with Crippen LogP contribution in [0.25, 0.3) is 11.1 Å². The number of carbonyl (C=O) groups excluding carboxylic acids is 4. The third-order valence-corrected chi connectivity index (χ3v) is 11.8. The van der Waals surface area contributed by atoms with Gasteiger partial charge in [-0.2, -0.15) is 0 Å². The Balaban J connectivity index is 1.32. The number of amides is 2. The van der Waals surface area contributed by atoms with Crippen molar-refractivity contribution in [3.63, 3.8) is 0 Å². The number of aliphatic carboxylic acids is 1. The van der Waals surface area contributed by atoms with Gasteiger partial charge in [0.05, 0.1) is 24.2 Å². The van der Waals surface area contributed by atoms with E-state index in [1.54, 1.807) is 0 Å². The van der Waals surface area contributed by atoms with Crippen molar-refractivity contribution in [3.05, 3.63) is 82.3 Å². The number of fused-ring (bicyclic) bond motifs is 3. The van der Waals surface area contributed by atoms with E-state index in [1.165, 1.54) is 4.90 Å². The maximum atomic E-state index is 14.0. The Morgan fingerprint density at radius 2 is 1.19 bits per heavy atom. The second-order valence-corrected chi connectivity index (χ2v) is 19.7. The highest BCUT2D eigenvalue weighted by Gasteiger charge is 2.37. The van der Waals surface area contributed by atoms with Gasteiger partial charge in [0.1, 0.15) is 24.2 Å². The van der Waals surface area contributed by atoms with E-state index >= 15 is 0 Å². The fourth-order valence-electron chi connectivity index (χ4n) is 8.93. The lowest BCUT2D eigenvalue weighted by atomic mass is 9.75. The van der Waals surface area contributed by atoms with Gasteiger partial charge in [-0.3, -0.25) is 24.4 Å². The predicted octanol–water partition coefficient (Wildman–Crippen LogP) is 8.96. The van der Waals surface area contributed by atoms with Crippen molar-refractivity contribution in [2.75, 3.05) is 32.8 Å². The van der Waals surface area contributed by atoms with Gasteiger partial charge in [-0.05, 0) is 64.2 Å². The van der Waals surface area contributed by atoms with Gasteiger partial charge in [0.2, 0.25) is 5.91 Å². The lowest BCUT2D eigenvalue weighted by Crippen LogP contribution is -2.43. The molecule has 4 N–H and O–H groups in total. The molecule has 0 spiro atoms. The molecule has 2 aromatic rings. The predicted molar refractivity (Wildman–Crippen MR) is 244 cm³/mol. The van der Waals surface area contributed by atoms with Crippen molar-refractivity contribution >= 4 is 41.0 Å². The molecule has 0 saturated heterocycles. The minimum atomic E-state index is -1.43. The molecule has 1 unspecified atom stereocenters. The number of rotatable bonds is 19. The van der Waals surface area contributed by atoms with Crippen LogP contribution in [0, 0.1) is 22.7 Å². The molecule has 0 radical (unpaired) electrons. The van der Waals surface area contributed by atoms with E-state index in [9.17, 15) is 39.3 Å². The van der Waals surface area contributed by atoms with Crippen LogP contribution < -0.4 is 5.32 Å². The van der Waals surface area contributed by atoms with Gasteiger partial charge in [0.15, 0.2) is 11.6 Å². The van der Waals surface area contributed by atoms with Crippen LogP contribution in [0.1, 0.15) is 124 Å². The molecule has 63 heavy (non-hydrogen) atoms. The van der Waals surface area contributed by atoms with Crippen molar-refractivity contribution < 1.29 is 44.0 Å². The molecule has 0 aliphatic heterocycles. The number of nitrogens with zero attached hydrogens (tertiary/aromatic N) is 3. The lowest BCUT2D eigenvalue weighted by molar-refractivity contribution is -0.140. The number of nitrogens with one attached hydrogen (secondary N) is 1. The maximum absolute atomic E-state index is 14.0. The number of ether oxygens (including phenoxy) is 1. The van der Waals surface area contributed by atoms with E-state index in [4.69, 9.17) is 14.7 Å². The molecule has 0 saturated carbocycles. The molecule has 0 fully saturated rings. The Bertz CT molecular complexity index is 2070. The summed E-state index contributed by atoms with van der Waals surface area (Å²) in [4.78, 5) is 77.3. The number of allylic oxidation sites excluding steroid dienone is 4. The highest BCUT2D eigenvalue weighted by atomic mass is 16.5. The summed E-state index contributed by atoms with van der Waals surface area (Å²) < 4.78 is 5.60. The summed E-state index contributed by atoms with van der Waals surface area (Å²) in [7, 11) is 0. The number of aliphatic hydroxyl groups excluding tert-OH is 2. The van der Waals surface area contributed by atoms with Crippen molar-refractivity contribution in [1.82, 2.24) is 10.2 Å². The third-order valence-electron chi connectivity index (χ3n) is 11.8. The molecule has 2 aromatic carbocycles. The quantitative estimate of drug-likeness (QED) is 0.0997. The van der Waals surface area contributed by atoms with Crippen LogP contribution in [0.15, 0.2) is 81.2 Å². The van der Waals surface area contributed by atoms with Crippen LogP contribution in [0.4, 0.5) is 4.79 Å². The molecular formula is C50H66N4O9. The van der Waals surface area contributed by atoms with Crippen LogP contribution in [-0.2, 0) is 23.9 Å². The van der Waals surface area contributed by atoms with Crippen LogP contribution in [-0.4, -0.2) is 100 Å². The third kappa shape index (κ3) is 12.8. The standard InChI is InChI=1S/C50H66N4O9/c1-30(2)23-38(45-40(55)25-49(5,6)26-41(45)56)51-19-21-54(22-20-52-39(24-31(3)4)46-42(57)27-50(7,8)28-43(46)58)44(59)18-17-37(47(60)61)53-48(62)63-29-36-34-15-11-9-13-32(34)33-14-10-12-16-35(33)36/h9-16,30-31,36-37,55,57H,17-29H2,1-8H3,(H,53,62)(H,60,61). The summed E-state index contributed by atoms with van der Waals surface area (Å²) in [5.74, 6) is -2.05. The number of Topliss-reactive ketones (excluding diaryl/α,β-unsaturated/α-hetero) is 2. The van der Waals surface area contributed by atoms with Crippen molar-refractivity contribution in [2.45, 2.75) is 119 Å². The summed E-state index contributed by atoms with van der Waals surface area (Å²) >= 11 is 0. The molecule has 0 bridgehead atoms. The number of aliphatic imine (C=N–C) groups is 2. The van der Waals surface area contributed by atoms with E-state index < -0.39 is 24.0 Å². The number of carboxylic acids is 1. The largest absolute Gasteiger partial charge is 0.511 e. The number of carbonyl (C=O) groups is 5. The Labute approximate surface area is 371 Å². The molecule has 340 valence electrons. The van der Waals surface area contributed by atoms with Gasteiger partial charge in [-0.25, -0.2) is 9.59 Å². The maximum Gasteiger partial charge on any atom is 0.407 e. The topological polar surface area (TPSA) is 195 Å². The second kappa shape index (κ2) is 20.7. The Kier molecular flexibility index (Phi) is 15.9. The summed E-state index contributed by atoms with van der Waals surface area (Å²) in [6.45, 7) is 16.0. The van der Waals surface area contributed by atoms with E-state index in [0.29, 0.717) is 37.1 Å². The molecule has 2 amide bonds. The number of alkyl carbamates (subject to hydrolysis) is 1. The fourth-order valence-corrected chi connectivity index (χ4v) is 8.93. The van der Waals surface area contributed by atoms with Crippen LogP contribution in [0.5, 0.6) is 0 Å². The first-order valence-corrected chi connectivity index (χ1v) is 22.3. The summed E-state index contributed by atoms with van der Waals surface area (Å²) in [5.41, 5.74) is 4.80. The number of benzene rings is 2. The molecule has 1 atom stereocenters. The smallest absolute Gasteiger partial charge is 0.407 e. The Hall–Kier alpha value is -5.59. The first-order valence-electron chi connectivity index (χ1n) is 22.3. The summed E-state index contributed by atoms with van der Waals surface area (Å²) in [5, 5.41) is 34.6. The molecule has 13 nitrogen and oxygen atoms in total. The molecular weight excluding hydrogens is 801 g/mol. The van der Waals surface area contributed by atoms with Gasteiger partial charge in [-0.15, -0.1) is 0 Å². The summed E-state index contributed by atoms with van der Waals surface area (Å²) in [6.07, 6.45) is 0.711. The Morgan fingerprint density at radius 1 is 0.746 bits per heavy atom. The van der Waals surface area contributed by atoms with Crippen molar-refractivity contribution in [2.24, 2.45) is 32.7 Å². The van der Waals surface area contributed by atoms with Gasteiger partial charge in [0, 0.05) is 62.5 Å². The molecule has 3 aliphatic carbocycles. The molecule has 5 rings (SSSR count). The number of carboxylic acid groups (broad SMARTS) is 1. The number of hydrogen-bond donors (Lipinski definition) is 4. The zero-order valence-electron chi connectivity index (χ0n) is 38.3. The number of ketones is 2. The average molecular weight is 867 g/mol. The van der Waals surface area contributed by atoms with E-state index in [1.807, 2.05) is 104 Å². The van der Waals surface area contributed by atoms with Gasteiger partial charge >= 0.3 is 12.1 Å². The lowest BCUT2D eigenvalue weighted by Gasteiger charge is -2.30. The fraction of sp³-hybridized carbons (Fsp3) is 0.540. The van der Waals surface area contributed by atoms with Gasteiger partial charge < -0.3 is 30.3 Å². The van der Waals surface area contributed by atoms with Gasteiger partial charge in [-0.1, -0.05) is 104 Å². The average Bonchev–Trinajstić information content (AvgIpc) is 3.49. The number of hydrogen-bond acceptors (Lipinski definition) is 10. The van der Waals surface area contributed by atoms with Gasteiger partial charge in [0.25, 0.3) is 0 Å². The van der Waals surface area contributed by atoms with Crippen LogP contribution in [0.3, 0.4) is 0 Å². The van der Waals surface area contributed by atoms with E-state index in [0.717, 1.165) is 22.3 Å². The highest BCUT2D eigenvalue weighted by molar-refractivity contribution is 6.24. The summed E-state index contributed by atoms with van der Waals surface area (Å²) in [6, 6.07) is 14.3. The minimum absolute atomic E-state index is 0.00634. The normalized spacial score (nSPS) is 18.1. The molecule has 3 aliphatic rings. The Morgan fingerprint density at radius 3 is 1.60 bits per heavy atom. The highest BCUT2D eigenvalue weighted by Crippen LogP contribution is 2.44. The van der Waals surface area contributed by atoms with Crippen molar-refractivity contribution in [1.29, 1.82) is 0 Å².